The first-order chi connectivity index (χ1) is 7.06. The van der Waals surface area contributed by atoms with E-state index >= 15 is 0 Å². The number of quaternary nitrogens is 1. The molecule has 0 aromatic carbocycles. The highest BCUT2D eigenvalue weighted by Crippen LogP contribution is 2.42. The third-order valence-electron chi connectivity index (χ3n) is 4.25. The summed E-state index contributed by atoms with van der Waals surface area (Å²) >= 11 is 6.22. The van der Waals surface area contributed by atoms with Gasteiger partial charge < -0.3 is 9.22 Å². The molecular weight excluding hydrogens is 214 g/mol. The predicted octanol–water partition coefficient (Wildman–Crippen LogP) is 1.54. The number of carbonyl (C=O) groups excluding carboxylic acids is 1. The van der Waals surface area contributed by atoms with Gasteiger partial charge in [0, 0.05) is 31.1 Å². The van der Waals surface area contributed by atoms with Gasteiger partial charge in [-0.25, -0.2) is 4.79 Å². The Kier molecular flexibility index (Phi) is 2.95. The molecule has 0 aromatic rings. The highest BCUT2D eigenvalue weighted by molar-refractivity contribution is 6.20. The molecule has 2 fully saturated rings. The number of fused-ring (bicyclic) bond motifs is 2. The van der Waals surface area contributed by atoms with Crippen LogP contribution in [-0.2, 0) is 9.53 Å². The monoisotopic (exact) mass is 232 g/mol. The molecule has 2 rings (SSSR count). The number of hydrogen-bond donors (Lipinski definition) is 0. The van der Waals surface area contributed by atoms with Crippen LogP contribution in [0.5, 0.6) is 0 Å². The summed E-state index contributed by atoms with van der Waals surface area (Å²) in [6, 6.07) is 1.12. The molecule has 86 valence electrons. The topological polar surface area (TPSA) is 26.3 Å². The Bertz CT molecular complexity index is 255. The largest absolute Gasteiger partial charge is 0.465 e. The molecule has 0 amide bonds. The highest BCUT2D eigenvalue weighted by atomic mass is 35.5. The molecule has 0 saturated carbocycles. The summed E-state index contributed by atoms with van der Waals surface area (Å²) in [5, 5.41) is 0.311. The first-order valence-corrected chi connectivity index (χ1v) is 6.05. The molecule has 0 aromatic heterocycles. The second-order valence-corrected chi connectivity index (χ2v) is 5.65. The van der Waals surface area contributed by atoms with Gasteiger partial charge in [0.1, 0.15) is 0 Å². The number of alkyl halides is 1. The van der Waals surface area contributed by atoms with Gasteiger partial charge in [0.2, 0.25) is 0 Å². The highest BCUT2D eigenvalue weighted by Gasteiger charge is 2.52. The normalized spacial score (nSPS) is 44.1. The first-order valence-electron chi connectivity index (χ1n) is 5.62. The average Bonchev–Trinajstić information content (AvgIpc) is 2.41. The zero-order valence-electron chi connectivity index (χ0n) is 9.41. The van der Waals surface area contributed by atoms with E-state index in [9.17, 15) is 4.79 Å². The van der Waals surface area contributed by atoms with E-state index in [0.29, 0.717) is 24.0 Å². The van der Waals surface area contributed by atoms with Gasteiger partial charge in [-0.2, -0.15) is 0 Å². The Morgan fingerprint density at radius 1 is 1.40 bits per heavy atom. The number of methoxy groups -OCH3 is 1. The number of ether oxygens (including phenoxy) is 1. The lowest BCUT2D eigenvalue weighted by Gasteiger charge is -2.45. The number of esters is 1. The molecule has 3 nitrogen and oxygen atoms in total. The van der Waals surface area contributed by atoms with Crippen LogP contribution in [0.3, 0.4) is 0 Å². The van der Waals surface area contributed by atoms with Crippen molar-refractivity contribution in [1.82, 2.24) is 0 Å². The van der Waals surface area contributed by atoms with Crippen molar-refractivity contribution < 1.29 is 14.0 Å². The molecule has 2 aliphatic heterocycles. The van der Waals surface area contributed by atoms with E-state index in [1.54, 1.807) is 0 Å². The van der Waals surface area contributed by atoms with Gasteiger partial charge in [0.15, 0.2) is 6.54 Å². The van der Waals surface area contributed by atoms with Crippen molar-refractivity contribution in [3.05, 3.63) is 0 Å². The molecule has 2 saturated heterocycles. The second kappa shape index (κ2) is 3.95. The lowest BCUT2D eigenvalue weighted by atomic mass is 9.99. The summed E-state index contributed by atoms with van der Waals surface area (Å²) in [7, 11) is 3.65. The van der Waals surface area contributed by atoms with Gasteiger partial charge in [0.05, 0.1) is 26.2 Å². The van der Waals surface area contributed by atoms with E-state index in [2.05, 4.69) is 7.05 Å². The Hall–Kier alpha value is -0.280. The lowest BCUT2D eigenvalue weighted by molar-refractivity contribution is -0.941. The lowest BCUT2D eigenvalue weighted by Crippen LogP contribution is -2.60. The minimum Gasteiger partial charge on any atom is -0.465 e. The summed E-state index contributed by atoms with van der Waals surface area (Å²) in [6.45, 7) is 0.509. The molecular formula is C11H19ClNO2+. The summed E-state index contributed by atoms with van der Waals surface area (Å²) in [5.41, 5.74) is 0. The van der Waals surface area contributed by atoms with Gasteiger partial charge in [-0.15, -0.1) is 11.6 Å². The van der Waals surface area contributed by atoms with Crippen molar-refractivity contribution in [2.24, 2.45) is 0 Å². The fraction of sp³-hybridized carbons (Fsp3) is 0.909. The fourth-order valence-corrected chi connectivity index (χ4v) is 3.69. The van der Waals surface area contributed by atoms with Crippen LogP contribution in [0, 0.1) is 0 Å². The molecule has 4 heteroatoms. The SMILES string of the molecule is COC(=O)C[N+]1(C)C2CCC1CC(Cl)C2. The van der Waals surface area contributed by atoms with Crippen molar-refractivity contribution in [2.45, 2.75) is 43.1 Å². The van der Waals surface area contributed by atoms with E-state index in [-0.39, 0.29) is 5.97 Å². The quantitative estimate of drug-likeness (QED) is 0.410. The third kappa shape index (κ3) is 1.87. The first kappa shape index (κ1) is 11.2. The van der Waals surface area contributed by atoms with Gasteiger partial charge in [-0.3, -0.25) is 0 Å². The summed E-state index contributed by atoms with van der Waals surface area (Å²) in [4.78, 5) is 11.4. The van der Waals surface area contributed by atoms with Crippen molar-refractivity contribution in [3.8, 4) is 0 Å². The number of likely N-dealkylation sites (N-methyl/N-ethyl adjacent to an activating group) is 1. The standard InChI is InChI=1S/C11H19ClNO2/c1-13(7-11(14)15-2)9-3-4-10(13)6-8(12)5-9/h8-10H,3-7H2,1-2H3/q+1. The number of nitrogens with zero attached hydrogens (tertiary/aromatic N) is 1. The van der Waals surface area contributed by atoms with E-state index in [0.717, 1.165) is 17.3 Å². The van der Waals surface area contributed by atoms with Crippen molar-refractivity contribution in [1.29, 1.82) is 0 Å². The molecule has 0 spiro atoms. The van der Waals surface area contributed by atoms with Gasteiger partial charge in [0.25, 0.3) is 0 Å². The van der Waals surface area contributed by atoms with Crippen LogP contribution in [0.2, 0.25) is 0 Å². The van der Waals surface area contributed by atoms with Crippen LogP contribution >= 0.6 is 11.6 Å². The van der Waals surface area contributed by atoms with Crippen LogP contribution in [0.25, 0.3) is 0 Å². The van der Waals surface area contributed by atoms with Gasteiger partial charge >= 0.3 is 5.97 Å². The average molecular weight is 233 g/mol. The molecule has 2 aliphatic rings. The van der Waals surface area contributed by atoms with Gasteiger partial charge in [-0.1, -0.05) is 0 Å². The minimum atomic E-state index is -0.0950. The molecule has 2 heterocycles. The van der Waals surface area contributed by atoms with Crippen LogP contribution in [0.15, 0.2) is 0 Å². The van der Waals surface area contributed by atoms with Gasteiger partial charge in [-0.05, 0) is 0 Å². The summed E-state index contributed by atoms with van der Waals surface area (Å²) in [6.07, 6.45) is 4.51. The molecule has 0 radical (unpaired) electrons. The maximum absolute atomic E-state index is 11.4. The summed E-state index contributed by atoms with van der Waals surface area (Å²) < 4.78 is 5.64. The number of piperidine rings is 1. The number of halogens is 1. The molecule has 0 N–H and O–H groups in total. The predicted molar refractivity (Wildman–Crippen MR) is 58.8 cm³/mol. The smallest absolute Gasteiger partial charge is 0.361 e. The Morgan fingerprint density at radius 3 is 2.40 bits per heavy atom. The zero-order chi connectivity index (χ0) is 11.1. The van der Waals surface area contributed by atoms with Crippen LogP contribution in [-0.4, -0.2) is 48.6 Å². The van der Waals surface area contributed by atoms with E-state index in [1.807, 2.05) is 0 Å². The number of rotatable bonds is 2. The third-order valence-corrected chi connectivity index (χ3v) is 4.61. The number of carbonyl (C=O) groups is 1. The molecule has 2 unspecified atom stereocenters. The van der Waals surface area contributed by atoms with Crippen molar-refractivity contribution in [3.63, 3.8) is 0 Å². The molecule has 2 atom stereocenters. The minimum absolute atomic E-state index is 0.0950. The summed E-state index contributed by atoms with van der Waals surface area (Å²) in [5.74, 6) is -0.0950. The van der Waals surface area contributed by atoms with Crippen molar-refractivity contribution in [2.75, 3.05) is 20.7 Å². The van der Waals surface area contributed by atoms with E-state index in [4.69, 9.17) is 16.3 Å². The Labute approximate surface area is 95.9 Å². The second-order valence-electron chi connectivity index (χ2n) is 5.03. The van der Waals surface area contributed by atoms with Crippen LogP contribution in [0.4, 0.5) is 0 Å². The van der Waals surface area contributed by atoms with Crippen LogP contribution < -0.4 is 0 Å². The zero-order valence-corrected chi connectivity index (χ0v) is 10.2. The van der Waals surface area contributed by atoms with Crippen molar-refractivity contribution >= 4 is 17.6 Å². The van der Waals surface area contributed by atoms with Crippen LogP contribution in [0.1, 0.15) is 25.7 Å². The number of hydrogen-bond acceptors (Lipinski definition) is 2. The molecule has 15 heavy (non-hydrogen) atoms. The Balaban J connectivity index is 2.11. The maximum atomic E-state index is 11.4. The molecule has 2 bridgehead atoms. The fourth-order valence-electron chi connectivity index (χ4n) is 3.28. The maximum Gasteiger partial charge on any atom is 0.361 e. The Morgan fingerprint density at radius 2 is 1.93 bits per heavy atom. The van der Waals surface area contributed by atoms with E-state index < -0.39 is 0 Å². The van der Waals surface area contributed by atoms with E-state index in [1.165, 1.54) is 20.0 Å². The molecule has 0 aliphatic carbocycles.